The summed E-state index contributed by atoms with van der Waals surface area (Å²) in [5.74, 6) is 1.82. The lowest BCUT2D eigenvalue weighted by Gasteiger charge is -2.16. The predicted octanol–water partition coefficient (Wildman–Crippen LogP) is 15.0. The van der Waals surface area contributed by atoms with E-state index >= 15 is 0 Å². The summed E-state index contributed by atoms with van der Waals surface area (Å²) in [7, 11) is 0. The predicted molar refractivity (Wildman–Crippen MR) is 256 cm³/mol. The summed E-state index contributed by atoms with van der Waals surface area (Å²) in [5.41, 5.74) is 9.79. The molecule has 0 radical (unpaired) electrons. The third-order valence-electron chi connectivity index (χ3n) is 12.4. The smallest absolute Gasteiger partial charge is 0.164 e. The largest absolute Gasteiger partial charge is 0.456 e. The second-order valence-corrected chi connectivity index (χ2v) is 16.0. The molecule has 3 aromatic heterocycles. The van der Waals surface area contributed by atoms with Gasteiger partial charge in [-0.1, -0.05) is 158 Å². The number of fused-ring (bicyclic) bond motifs is 9. The summed E-state index contributed by atoms with van der Waals surface area (Å²) in [4.78, 5) is 15.3. The van der Waals surface area contributed by atoms with E-state index in [0.29, 0.717) is 17.5 Å². The molecule has 0 fully saturated rings. The molecule has 288 valence electrons. The number of nitrogens with zero attached hydrogens (tertiary/aromatic N) is 4. The molecule has 5 nitrogen and oxygen atoms in total. The minimum Gasteiger partial charge on any atom is -0.456 e. The Bertz CT molecular complexity index is 3770. The number of furan rings is 1. The van der Waals surface area contributed by atoms with Gasteiger partial charge in [0, 0.05) is 49.9 Å². The zero-order valence-electron chi connectivity index (χ0n) is 33.3. The highest BCUT2D eigenvalue weighted by Gasteiger charge is 2.23. The molecule has 0 amide bonds. The highest BCUT2D eigenvalue weighted by atomic mass is 16.3. The van der Waals surface area contributed by atoms with Gasteiger partial charge in [0.1, 0.15) is 11.2 Å². The lowest BCUT2D eigenvalue weighted by atomic mass is 9.96. The van der Waals surface area contributed by atoms with Crippen molar-refractivity contribution in [2.45, 2.75) is 0 Å². The second kappa shape index (κ2) is 13.6. The van der Waals surface area contributed by atoms with Crippen molar-refractivity contribution in [3.8, 4) is 51.0 Å². The molecule has 13 aromatic rings. The van der Waals surface area contributed by atoms with Crippen LogP contribution in [0, 0.1) is 0 Å². The van der Waals surface area contributed by atoms with E-state index in [4.69, 9.17) is 19.4 Å². The molecular weight excluding hydrogens is 757 g/mol. The molecule has 0 saturated heterocycles. The van der Waals surface area contributed by atoms with Crippen molar-refractivity contribution in [1.82, 2.24) is 19.5 Å². The summed E-state index contributed by atoms with van der Waals surface area (Å²) in [6.45, 7) is 0. The van der Waals surface area contributed by atoms with Crippen LogP contribution in [-0.2, 0) is 0 Å². The van der Waals surface area contributed by atoms with Gasteiger partial charge in [0.25, 0.3) is 0 Å². The van der Waals surface area contributed by atoms with Gasteiger partial charge in [0.2, 0.25) is 0 Å². The van der Waals surface area contributed by atoms with Crippen LogP contribution in [-0.4, -0.2) is 19.5 Å². The minimum atomic E-state index is 0.587. The first-order valence-corrected chi connectivity index (χ1v) is 20.9. The first-order chi connectivity index (χ1) is 30.7. The van der Waals surface area contributed by atoms with Gasteiger partial charge in [-0.25, -0.2) is 15.0 Å². The Hall–Kier alpha value is -8.41. The van der Waals surface area contributed by atoms with Crippen LogP contribution >= 0.6 is 0 Å². The van der Waals surface area contributed by atoms with Crippen LogP contribution in [0.25, 0.3) is 127 Å². The number of benzene rings is 10. The van der Waals surface area contributed by atoms with Gasteiger partial charge < -0.3 is 8.98 Å². The van der Waals surface area contributed by atoms with E-state index in [9.17, 15) is 0 Å². The second-order valence-electron chi connectivity index (χ2n) is 16.0. The molecule has 0 N–H and O–H groups in total. The van der Waals surface area contributed by atoms with Gasteiger partial charge in [-0.2, -0.15) is 0 Å². The molecule has 62 heavy (non-hydrogen) atoms. The SMILES string of the molecule is c1ccc(-c2nc(-c3ccccc3)nc(-c3cccc4oc5cc(-n6c7cc8ccccc8cc7c7cc8ccccc8cc76)c(-c6ccc7ccccc7c6)cc5c34)n2)cc1. The maximum absolute atomic E-state index is 6.92. The normalized spacial score (nSPS) is 11.9. The Morgan fingerprint density at radius 2 is 0.839 bits per heavy atom. The van der Waals surface area contributed by atoms with E-state index in [1.54, 1.807) is 0 Å². The van der Waals surface area contributed by atoms with Crippen LogP contribution < -0.4 is 0 Å². The Morgan fingerprint density at radius 3 is 1.44 bits per heavy atom. The molecular formula is C57H34N4O. The minimum absolute atomic E-state index is 0.587. The Kier molecular flexibility index (Phi) is 7.54. The topological polar surface area (TPSA) is 56.7 Å². The van der Waals surface area contributed by atoms with Crippen molar-refractivity contribution in [3.05, 3.63) is 206 Å². The highest BCUT2D eigenvalue weighted by molar-refractivity contribution is 6.18. The van der Waals surface area contributed by atoms with Crippen molar-refractivity contribution in [2.24, 2.45) is 0 Å². The summed E-state index contributed by atoms with van der Waals surface area (Å²) in [6, 6.07) is 73.0. The summed E-state index contributed by atoms with van der Waals surface area (Å²) in [6.07, 6.45) is 0. The first kappa shape index (κ1) is 34.5. The van der Waals surface area contributed by atoms with Crippen molar-refractivity contribution < 1.29 is 4.42 Å². The Labute approximate surface area is 355 Å². The van der Waals surface area contributed by atoms with E-state index in [2.05, 4.69) is 138 Å². The van der Waals surface area contributed by atoms with Crippen molar-refractivity contribution >= 4 is 76.1 Å². The maximum Gasteiger partial charge on any atom is 0.164 e. The molecule has 0 atom stereocenters. The number of rotatable bonds is 5. The standard InChI is InChI=1S/C57H34N4O/c1-3-15-36(16-4-1)55-58-56(37-17-5-2-6-18-37)60-57(59-55)44-24-13-25-52-54(44)48-33-45(43-27-26-35-14-7-8-19-38(35)28-43)51(34-53(48)62-52)61-49-31-41-22-11-9-20-39(41)29-46(49)47-30-40-21-10-12-23-42(40)32-50(47)61/h1-34H. The average Bonchev–Trinajstić information content (AvgIpc) is 3.86. The molecule has 10 aromatic carbocycles. The lowest BCUT2D eigenvalue weighted by Crippen LogP contribution is -2.00. The molecule has 0 aliphatic carbocycles. The van der Waals surface area contributed by atoms with Gasteiger partial charge in [-0.3, -0.25) is 0 Å². The van der Waals surface area contributed by atoms with Crippen LogP contribution in [0.3, 0.4) is 0 Å². The fourth-order valence-electron chi connectivity index (χ4n) is 9.40. The fourth-order valence-corrected chi connectivity index (χ4v) is 9.40. The highest BCUT2D eigenvalue weighted by Crippen LogP contribution is 2.44. The lowest BCUT2D eigenvalue weighted by molar-refractivity contribution is 0.668. The maximum atomic E-state index is 6.92. The zero-order valence-corrected chi connectivity index (χ0v) is 33.3. The van der Waals surface area contributed by atoms with Gasteiger partial charge in [0.05, 0.1) is 16.7 Å². The number of hydrogen-bond acceptors (Lipinski definition) is 4. The van der Waals surface area contributed by atoms with Crippen LogP contribution in [0.15, 0.2) is 211 Å². The Balaban J connectivity index is 1.13. The van der Waals surface area contributed by atoms with Crippen LogP contribution in [0.1, 0.15) is 0 Å². The number of aromatic nitrogens is 4. The van der Waals surface area contributed by atoms with E-state index in [-0.39, 0.29) is 0 Å². The fraction of sp³-hybridized carbons (Fsp3) is 0. The molecule has 0 spiro atoms. The van der Waals surface area contributed by atoms with E-state index in [0.717, 1.165) is 66.5 Å². The molecule has 3 heterocycles. The summed E-state index contributed by atoms with van der Waals surface area (Å²) >= 11 is 0. The first-order valence-electron chi connectivity index (χ1n) is 20.9. The van der Waals surface area contributed by atoms with Gasteiger partial charge in [-0.05, 0) is 80.3 Å². The monoisotopic (exact) mass is 790 g/mol. The van der Waals surface area contributed by atoms with Crippen molar-refractivity contribution in [2.75, 3.05) is 0 Å². The van der Waals surface area contributed by atoms with Gasteiger partial charge >= 0.3 is 0 Å². The van der Waals surface area contributed by atoms with Gasteiger partial charge in [0.15, 0.2) is 17.5 Å². The zero-order chi connectivity index (χ0) is 40.7. The van der Waals surface area contributed by atoms with Crippen LogP contribution in [0.5, 0.6) is 0 Å². The molecule has 13 rings (SSSR count). The summed E-state index contributed by atoms with van der Waals surface area (Å²) in [5, 5.41) is 11.6. The molecule has 0 bridgehead atoms. The van der Waals surface area contributed by atoms with E-state index in [1.807, 2.05) is 72.8 Å². The Morgan fingerprint density at radius 1 is 0.323 bits per heavy atom. The number of hydrogen-bond donors (Lipinski definition) is 0. The van der Waals surface area contributed by atoms with Crippen molar-refractivity contribution in [1.29, 1.82) is 0 Å². The molecule has 0 aliphatic rings. The third kappa shape index (κ3) is 5.45. The average molecular weight is 791 g/mol. The molecule has 0 aliphatic heterocycles. The van der Waals surface area contributed by atoms with E-state index in [1.165, 1.54) is 43.1 Å². The molecule has 0 saturated carbocycles. The van der Waals surface area contributed by atoms with Gasteiger partial charge in [-0.15, -0.1) is 0 Å². The molecule has 5 heteroatoms. The van der Waals surface area contributed by atoms with Crippen LogP contribution in [0.2, 0.25) is 0 Å². The quantitative estimate of drug-likeness (QED) is 0.174. The van der Waals surface area contributed by atoms with Crippen molar-refractivity contribution in [3.63, 3.8) is 0 Å². The van der Waals surface area contributed by atoms with Crippen LogP contribution in [0.4, 0.5) is 0 Å². The van der Waals surface area contributed by atoms with E-state index < -0.39 is 0 Å². The molecule has 0 unspecified atom stereocenters. The summed E-state index contributed by atoms with van der Waals surface area (Å²) < 4.78 is 9.37. The third-order valence-corrected chi connectivity index (χ3v) is 12.4.